The Bertz CT molecular complexity index is 468. The number of morpholine rings is 1. The Hall–Kier alpha value is -0.380. The summed E-state index contributed by atoms with van der Waals surface area (Å²) < 4.78 is 5.69. The average molecular weight is 452 g/mol. The van der Waals surface area contributed by atoms with Gasteiger partial charge in [-0.2, -0.15) is 0 Å². The number of nitrogens with zero attached hydrogens (tertiary/aromatic N) is 4. The lowest BCUT2D eigenvalue weighted by Crippen LogP contribution is -2.44. The number of ether oxygens (including phenoxy) is 1. The summed E-state index contributed by atoms with van der Waals surface area (Å²) in [5, 5.41) is 2.15. The first-order valence-electron chi connectivity index (χ1n) is 7.77. The number of guanidine groups is 1. The van der Waals surface area contributed by atoms with E-state index >= 15 is 0 Å². The predicted molar refractivity (Wildman–Crippen MR) is 109 cm³/mol. The third kappa shape index (κ3) is 5.88. The Labute approximate surface area is 161 Å². The number of halogens is 1. The smallest absolute Gasteiger partial charge is 0.195 e. The van der Waals surface area contributed by atoms with Gasteiger partial charge in [0.1, 0.15) is 0 Å². The van der Waals surface area contributed by atoms with Gasteiger partial charge in [-0.15, -0.1) is 35.3 Å². The second-order valence-electron chi connectivity index (χ2n) is 6.14. The van der Waals surface area contributed by atoms with Crippen molar-refractivity contribution in [3.63, 3.8) is 0 Å². The number of hydrogen-bond acceptors (Lipinski definition) is 4. The minimum Gasteiger partial charge on any atom is -0.376 e. The van der Waals surface area contributed by atoms with Gasteiger partial charge in [-0.05, 0) is 18.4 Å². The van der Waals surface area contributed by atoms with E-state index in [-0.39, 0.29) is 24.0 Å². The van der Waals surface area contributed by atoms with E-state index < -0.39 is 0 Å². The van der Waals surface area contributed by atoms with E-state index in [1.54, 1.807) is 0 Å². The summed E-state index contributed by atoms with van der Waals surface area (Å²) in [6.45, 7) is 5.67. The molecule has 0 spiro atoms. The number of thiophene rings is 1. The van der Waals surface area contributed by atoms with Crippen molar-refractivity contribution in [1.29, 1.82) is 0 Å². The highest BCUT2D eigenvalue weighted by molar-refractivity contribution is 14.0. The lowest BCUT2D eigenvalue weighted by molar-refractivity contribution is -0.0327. The third-order valence-corrected chi connectivity index (χ3v) is 4.76. The van der Waals surface area contributed by atoms with Gasteiger partial charge in [0.15, 0.2) is 5.96 Å². The van der Waals surface area contributed by atoms with Crippen LogP contribution in [0.5, 0.6) is 0 Å². The Balaban J connectivity index is 0.00000264. The molecule has 2 heterocycles. The maximum atomic E-state index is 5.69. The monoisotopic (exact) mass is 452 g/mol. The molecule has 2 atom stereocenters. The van der Waals surface area contributed by atoms with Crippen LogP contribution in [0.15, 0.2) is 22.5 Å². The van der Waals surface area contributed by atoms with E-state index in [2.05, 4.69) is 39.1 Å². The van der Waals surface area contributed by atoms with Gasteiger partial charge in [0.2, 0.25) is 0 Å². The van der Waals surface area contributed by atoms with Crippen LogP contribution in [0.4, 0.5) is 0 Å². The molecule has 0 amide bonds. The van der Waals surface area contributed by atoms with E-state index in [1.165, 1.54) is 4.88 Å². The molecule has 1 aliphatic heterocycles. The minimum atomic E-state index is 0. The SMILES string of the molecule is CC1CN(C(CN=C(N(C)C)N(C)C)c2cccs2)CCO1.I. The summed E-state index contributed by atoms with van der Waals surface area (Å²) in [5.41, 5.74) is 0. The van der Waals surface area contributed by atoms with Crippen LogP contribution in [0.2, 0.25) is 0 Å². The maximum Gasteiger partial charge on any atom is 0.195 e. The van der Waals surface area contributed by atoms with Crippen LogP contribution in [-0.4, -0.2) is 81.2 Å². The second kappa shape index (κ2) is 9.80. The normalized spacial score (nSPS) is 19.6. The van der Waals surface area contributed by atoms with Crippen molar-refractivity contribution >= 4 is 41.3 Å². The Morgan fingerprint density at radius 3 is 2.61 bits per heavy atom. The second-order valence-corrected chi connectivity index (χ2v) is 7.12. The number of hydrogen-bond donors (Lipinski definition) is 0. The molecule has 0 aromatic carbocycles. The zero-order valence-corrected chi connectivity index (χ0v) is 17.9. The van der Waals surface area contributed by atoms with Gasteiger partial charge in [0, 0.05) is 46.2 Å². The van der Waals surface area contributed by atoms with Crippen molar-refractivity contribution in [3.8, 4) is 0 Å². The van der Waals surface area contributed by atoms with Gasteiger partial charge >= 0.3 is 0 Å². The van der Waals surface area contributed by atoms with E-state index in [0.717, 1.165) is 32.2 Å². The van der Waals surface area contributed by atoms with Crippen LogP contribution < -0.4 is 0 Å². The van der Waals surface area contributed by atoms with Crippen LogP contribution in [0.1, 0.15) is 17.8 Å². The highest BCUT2D eigenvalue weighted by atomic mass is 127. The van der Waals surface area contributed by atoms with E-state index in [1.807, 2.05) is 39.5 Å². The maximum absolute atomic E-state index is 5.69. The molecular weight excluding hydrogens is 423 g/mol. The molecule has 0 radical (unpaired) electrons. The third-order valence-electron chi connectivity index (χ3n) is 3.79. The Kier molecular flexibility index (Phi) is 8.81. The highest BCUT2D eigenvalue weighted by Crippen LogP contribution is 2.27. The largest absolute Gasteiger partial charge is 0.376 e. The van der Waals surface area contributed by atoms with Crippen LogP contribution in [0.3, 0.4) is 0 Å². The van der Waals surface area contributed by atoms with Gasteiger partial charge in [0.25, 0.3) is 0 Å². The zero-order chi connectivity index (χ0) is 16.1. The Morgan fingerprint density at radius 1 is 1.39 bits per heavy atom. The summed E-state index contributed by atoms with van der Waals surface area (Å²) in [4.78, 5) is 12.9. The first-order valence-corrected chi connectivity index (χ1v) is 8.65. The molecule has 1 saturated heterocycles. The standard InChI is InChI=1S/C16H28N4OS.HI/c1-13-12-20(8-9-21-13)14(15-7-6-10-22-15)11-17-16(18(2)3)19(4)5;/h6-7,10,13-14H,8-9,11-12H2,1-5H3;1H. The summed E-state index contributed by atoms with van der Waals surface area (Å²) in [6, 6.07) is 4.68. The molecule has 2 unspecified atom stereocenters. The van der Waals surface area contributed by atoms with Crippen molar-refractivity contribution in [2.75, 3.05) is 54.4 Å². The topological polar surface area (TPSA) is 31.3 Å². The van der Waals surface area contributed by atoms with Crippen molar-refractivity contribution in [2.24, 2.45) is 4.99 Å². The van der Waals surface area contributed by atoms with Gasteiger partial charge in [-0.3, -0.25) is 9.89 Å². The van der Waals surface area contributed by atoms with Crippen LogP contribution in [0, 0.1) is 0 Å². The molecule has 1 fully saturated rings. The van der Waals surface area contributed by atoms with Crippen molar-refractivity contribution in [2.45, 2.75) is 19.1 Å². The molecular formula is C16H29IN4OS. The highest BCUT2D eigenvalue weighted by Gasteiger charge is 2.26. The van der Waals surface area contributed by atoms with Crippen molar-refractivity contribution in [3.05, 3.63) is 22.4 Å². The number of rotatable bonds is 4. The molecule has 23 heavy (non-hydrogen) atoms. The zero-order valence-electron chi connectivity index (χ0n) is 14.7. The van der Waals surface area contributed by atoms with Crippen molar-refractivity contribution < 1.29 is 4.74 Å². The molecule has 132 valence electrons. The fourth-order valence-corrected chi connectivity index (χ4v) is 3.70. The van der Waals surface area contributed by atoms with Crippen LogP contribution in [0.25, 0.3) is 0 Å². The Morgan fingerprint density at radius 2 is 2.09 bits per heavy atom. The predicted octanol–water partition coefficient (Wildman–Crippen LogP) is 2.61. The molecule has 1 aromatic heterocycles. The lowest BCUT2D eigenvalue weighted by Gasteiger charge is -2.36. The van der Waals surface area contributed by atoms with Gasteiger partial charge < -0.3 is 14.5 Å². The van der Waals surface area contributed by atoms with Crippen LogP contribution >= 0.6 is 35.3 Å². The fourth-order valence-electron chi connectivity index (χ4n) is 2.85. The summed E-state index contributed by atoms with van der Waals surface area (Å²) >= 11 is 1.82. The van der Waals surface area contributed by atoms with Gasteiger partial charge in [-0.25, -0.2) is 0 Å². The lowest BCUT2D eigenvalue weighted by atomic mass is 10.1. The van der Waals surface area contributed by atoms with E-state index in [4.69, 9.17) is 9.73 Å². The molecule has 7 heteroatoms. The number of aliphatic imine (C=N–C) groups is 1. The minimum absolute atomic E-state index is 0. The molecule has 0 saturated carbocycles. The quantitative estimate of drug-likeness (QED) is 0.400. The molecule has 0 aliphatic carbocycles. The summed E-state index contributed by atoms with van der Waals surface area (Å²) in [6.07, 6.45) is 0.294. The summed E-state index contributed by atoms with van der Waals surface area (Å²) in [7, 11) is 8.15. The molecule has 5 nitrogen and oxygen atoms in total. The molecule has 2 rings (SSSR count). The fraction of sp³-hybridized carbons (Fsp3) is 0.688. The van der Waals surface area contributed by atoms with Gasteiger partial charge in [0.05, 0.1) is 25.3 Å². The van der Waals surface area contributed by atoms with E-state index in [0.29, 0.717) is 12.1 Å². The van der Waals surface area contributed by atoms with E-state index in [9.17, 15) is 0 Å². The molecule has 0 N–H and O–H groups in total. The first-order chi connectivity index (χ1) is 10.5. The average Bonchev–Trinajstić information content (AvgIpc) is 2.96. The van der Waals surface area contributed by atoms with Gasteiger partial charge in [-0.1, -0.05) is 6.07 Å². The molecule has 1 aromatic rings. The molecule has 0 bridgehead atoms. The van der Waals surface area contributed by atoms with Crippen LogP contribution in [-0.2, 0) is 4.74 Å². The first kappa shape index (κ1) is 20.7. The molecule has 1 aliphatic rings. The van der Waals surface area contributed by atoms with Crippen molar-refractivity contribution in [1.82, 2.24) is 14.7 Å². The summed E-state index contributed by atoms with van der Waals surface area (Å²) in [5.74, 6) is 1.00.